The molecule has 76 valence electrons. The van der Waals surface area contributed by atoms with E-state index in [4.69, 9.17) is 22.2 Å². The van der Waals surface area contributed by atoms with E-state index in [0.29, 0.717) is 11.6 Å². The summed E-state index contributed by atoms with van der Waals surface area (Å²) in [5.41, 5.74) is 0. The molecule has 0 radical (unpaired) electrons. The maximum Gasteiger partial charge on any atom is 0.312 e. The Morgan fingerprint density at radius 2 is 2.36 bits per heavy atom. The van der Waals surface area contributed by atoms with E-state index < -0.39 is 0 Å². The third-order valence-corrected chi connectivity index (χ3v) is 2.23. The fraction of sp³-hybridized carbons (Fsp3) is 0.667. The lowest BCUT2D eigenvalue weighted by Gasteiger charge is -2.14. The Kier molecular flexibility index (Phi) is 3.84. The van der Waals surface area contributed by atoms with Crippen LogP contribution in [0.1, 0.15) is 26.2 Å². The number of thiocarbonyl (C=S) groups is 1. The molecule has 0 saturated heterocycles. The average Bonchev–Trinajstić information content (AvgIpc) is 2.89. The minimum absolute atomic E-state index is 0.0350. The Bertz CT molecular complexity index is 281. The van der Waals surface area contributed by atoms with Crippen molar-refractivity contribution in [1.29, 1.82) is 5.26 Å². The van der Waals surface area contributed by atoms with E-state index in [1.54, 1.807) is 6.92 Å². The molecule has 1 rings (SSSR count). The number of ether oxygens (including phenoxy) is 1. The lowest BCUT2D eigenvalue weighted by atomic mass is 10.4. The number of carbonyl (C=O) groups is 1. The van der Waals surface area contributed by atoms with Crippen LogP contribution in [0.4, 0.5) is 0 Å². The van der Waals surface area contributed by atoms with Crippen LogP contribution in [-0.4, -0.2) is 28.5 Å². The van der Waals surface area contributed by atoms with Crippen LogP contribution in [0, 0.1) is 11.5 Å². The van der Waals surface area contributed by atoms with Gasteiger partial charge in [0.25, 0.3) is 0 Å². The van der Waals surface area contributed by atoms with Crippen LogP contribution in [0.15, 0.2) is 0 Å². The molecule has 0 unspecified atom stereocenters. The number of carbonyl (C=O) groups excluding carboxylic acids is 1. The van der Waals surface area contributed by atoms with E-state index in [1.807, 2.05) is 6.19 Å². The van der Waals surface area contributed by atoms with Gasteiger partial charge in [-0.3, -0.25) is 9.69 Å². The number of esters is 1. The lowest BCUT2D eigenvalue weighted by molar-refractivity contribution is -0.141. The molecule has 1 aliphatic rings. The molecule has 0 heterocycles. The van der Waals surface area contributed by atoms with E-state index >= 15 is 0 Å². The van der Waals surface area contributed by atoms with Crippen molar-refractivity contribution in [3.8, 4) is 6.19 Å². The van der Waals surface area contributed by atoms with Gasteiger partial charge in [0.05, 0.1) is 13.0 Å². The van der Waals surface area contributed by atoms with Crippen molar-refractivity contribution in [2.24, 2.45) is 0 Å². The van der Waals surface area contributed by atoms with Gasteiger partial charge in [-0.2, -0.15) is 5.26 Å². The first-order chi connectivity index (χ1) is 6.69. The van der Waals surface area contributed by atoms with Gasteiger partial charge in [0.1, 0.15) is 4.99 Å². The van der Waals surface area contributed by atoms with E-state index in [1.165, 1.54) is 4.90 Å². The van der Waals surface area contributed by atoms with Crippen LogP contribution in [0.2, 0.25) is 0 Å². The fourth-order valence-corrected chi connectivity index (χ4v) is 1.40. The fourth-order valence-electron chi connectivity index (χ4n) is 1.09. The van der Waals surface area contributed by atoms with Crippen molar-refractivity contribution >= 4 is 23.2 Å². The summed E-state index contributed by atoms with van der Waals surface area (Å²) >= 11 is 4.98. The predicted octanol–water partition coefficient (Wildman–Crippen LogP) is 1.21. The molecule has 0 N–H and O–H groups in total. The number of nitriles is 1. The quantitative estimate of drug-likeness (QED) is 0.303. The zero-order valence-corrected chi connectivity index (χ0v) is 8.84. The first-order valence-electron chi connectivity index (χ1n) is 4.56. The minimum atomic E-state index is -0.363. The van der Waals surface area contributed by atoms with Gasteiger partial charge in [-0.25, -0.2) is 0 Å². The zero-order chi connectivity index (χ0) is 10.6. The number of nitrogens with zero attached hydrogens (tertiary/aromatic N) is 2. The van der Waals surface area contributed by atoms with Crippen LogP contribution in [0.25, 0.3) is 0 Å². The molecule has 5 heteroatoms. The van der Waals surface area contributed by atoms with Crippen molar-refractivity contribution in [3.63, 3.8) is 0 Å². The predicted molar refractivity (Wildman–Crippen MR) is 54.3 cm³/mol. The zero-order valence-electron chi connectivity index (χ0n) is 8.02. The second-order valence-electron chi connectivity index (χ2n) is 3.08. The molecule has 0 spiro atoms. The van der Waals surface area contributed by atoms with Gasteiger partial charge in [-0.1, -0.05) is 12.2 Å². The summed E-state index contributed by atoms with van der Waals surface area (Å²) in [6, 6.07) is 0.224. The standard InChI is InChI=1S/C9H12N2O2S/c1-2-13-9(12)5-8(14)11(6-10)7-3-4-7/h7H,2-5H2,1H3. The maximum atomic E-state index is 11.1. The molecular formula is C9H12N2O2S. The van der Waals surface area contributed by atoms with Crippen LogP contribution >= 0.6 is 12.2 Å². The molecule has 14 heavy (non-hydrogen) atoms. The SMILES string of the molecule is CCOC(=O)CC(=S)N(C#N)C1CC1. The van der Waals surface area contributed by atoms with E-state index in [0.717, 1.165) is 12.8 Å². The molecule has 0 aromatic rings. The summed E-state index contributed by atoms with van der Waals surface area (Å²) in [6.07, 6.45) is 4.00. The summed E-state index contributed by atoms with van der Waals surface area (Å²) in [5.74, 6) is -0.363. The summed E-state index contributed by atoms with van der Waals surface area (Å²) in [6.45, 7) is 2.08. The molecule has 0 bridgehead atoms. The third-order valence-electron chi connectivity index (χ3n) is 1.89. The topological polar surface area (TPSA) is 53.3 Å². The van der Waals surface area contributed by atoms with Gasteiger partial charge in [-0.15, -0.1) is 0 Å². The van der Waals surface area contributed by atoms with E-state index in [-0.39, 0.29) is 18.4 Å². The highest BCUT2D eigenvalue weighted by Crippen LogP contribution is 2.27. The number of hydrogen-bond donors (Lipinski definition) is 0. The largest absolute Gasteiger partial charge is 0.466 e. The van der Waals surface area contributed by atoms with Crippen LogP contribution in [-0.2, 0) is 9.53 Å². The molecular weight excluding hydrogens is 200 g/mol. The smallest absolute Gasteiger partial charge is 0.312 e. The first kappa shape index (κ1) is 10.9. The molecule has 1 fully saturated rings. The van der Waals surface area contributed by atoms with Crippen molar-refractivity contribution in [2.75, 3.05) is 6.61 Å². The molecule has 0 aromatic carbocycles. The van der Waals surface area contributed by atoms with E-state index in [2.05, 4.69) is 0 Å². The molecule has 0 aromatic heterocycles. The Morgan fingerprint density at radius 1 is 1.71 bits per heavy atom. The third kappa shape index (κ3) is 2.96. The molecule has 0 atom stereocenters. The molecule has 0 aliphatic heterocycles. The second-order valence-corrected chi connectivity index (χ2v) is 3.55. The van der Waals surface area contributed by atoms with Gasteiger partial charge in [0.15, 0.2) is 6.19 Å². The normalized spacial score (nSPS) is 14.3. The average molecular weight is 212 g/mol. The lowest BCUT2D eigenvalue weighted by Crippen LogP contribution is -2.29. The Labute approximate surface area is 88.4 Å². The van der Waals surface area contributed by atoms with Crippen molar-refractivity contribution in [1.82, 2.24) is 4.90 Å². The van der Waals surface area contributed by atoms with Gasteiger partial charge in [-0.05, 0) is 19.8 Å². The Morgan fingerprint density at radius 3 is 2.79 bits per heavy atom. The molecule has 0 amide bonds. The van der Waals surface area contributed by atoms with Gasteiger partial charge in [0.2, 0.25) is 0 Å². The summed E-state index contributed by atoms with van der Waals surface area (Å²) in [4.78, 5) is 12.9. The summed E-state index contributed by atoms with van der Waals surface area (Å²) in [5, 5.41) is 8.79. The number of rotatable bonds is 4. The molecule has 4 nitrogen and oxygen atoms in total. The Balaban J connectivity index is 2.40. The van der Waals surface area contributed by atoms with Gasteiger partial charge < -0.3 is 4.74 Å². The highest BCUT2D eigenvalue weighted by atomic mass is 32.1. The van der Waals surface area contributed by atoms with Gasteiger partial charge >= 0.3 is 5.97 Å². The first-order valence-corrected chi connectivity index (χ1v) is 4.97. The summed E-state index contributed by atoms with van der Waals surface area (Å²) < 4.78 is 4.74. The number of hydrogen-bond acceptors (Lipinski definition) is 4. The molecule has 1 aliphatic carbocycles. The van der Waals surface area contributed by atoms with Crippen molar-refractivity contribution in [3.05, 3.63) is 0 Å². The second kappa shape index (κ2) is 4.91. The Hall–Kier alpha value is -1.15. The maximum absolute atomic E-state index is 11.1. The van der Waals surface area contributed by atoms with Crippen LogP contribution in [0.5, 0.6) is 0 Å². The monoisotopic (exact) mass is 212 g/mol. The highest BCUT2D eigenvalue weighted by Gasteiger charge is 2.31. The minimum Gasteiger partial charge on any atom is -0.466 e. The van der Waals surface area contributed by atoms with E-state index in [9.17, 15) is 4.79 Å². The van der Waals surface area contributed by atoms with Crippen molar-refractivity contribution in [2.45, 2.75) is 32.2 Å². The van der Waals surface area contributed by atoms with Crippen molar-refractivity contribution < 1.29 is 9.53 Å². The summed E-state index contributed by atoms with van der Waals surface area (Å²) in [7, 11) is 0. The van der Waals surface area contributed by atoms with Crippen LogP contribution < -0.4 is 0 Å². The highest BCUT2D eigenvalue weighted by molar-refractivity contribution is 7.80. The van der Waals surface area contributed by atoms with Crippen LogP contribution in [0.3, 0.4) is 0 Å². The molecule has 1 saturated carbocycles. The van der Waals surface area contributed by atoms with Gasteiger partial charge in [0, 0.05) is 6.04 Å².